The molecule has 0 aliphatic carbocycles. The summed E-state index contributed by atoms with van der Waals surface area (Å²) >= 11 is 0. The van der Waals surface area contributed by atoms with Crippen molar-refractivity contribution in [3.8, 4) is 0 Å². The molecule has 1 aromatic carbocycles. The van der Waals surface area contributed by atoms with E-state index < -0.39 is 11.8 Å². The van der Waals surface area contributed by atoms with Gasteiger partial charge in [0.05, 0.1) is 5.69 Å². The summed E-state index contributed by atoms with van der Waals surface area (Å²) < 4.78 is 13.9. The van der Waals surface area contributed by atoms with Crippen LogP contribution in [0.5, 0.6) is 0 Å². The lowest BCUT2D eigenvalue weighted by Gasteiger charge is -2.31. The van der Waals surface area contributed by atoms with Gasteiger partial charge in [0.25, 0.3) is 0 Å². The van der Waals surface area contributed by atoms with Crippen molar-refractivity contribution in [1.82, 2.24) is 10.2 Å². The fraction of sp³-hybridized carbons (Fsp3) is 0.556. The number of aliphatic hydroxyl groups is 1. The molecule has 1 heterocycles. The maximum Gasteiger partial charge on any atom is 0.319 e. The summed E-state index contributed by atoms with van der Waals surface area (Å²) in [6, 6.07) is 3.53. The van der Waals surface area contributed by atoms with Crippen LogP contribution >= 0.6 is 0 Å². The average molecular weight is 366 g/mol. The first-order valence-electron chi connectivity index (χ1n) is 8.99. The van der Waals surface area contributed by atoms with Gasteiger partial charge in [-0.15, -0.1) is 0 Å². The predicted molar refractivity (Wildman–Crippen MR) is 98.6 cm³/mol. The van der Waals surface area contributed by atoms with Crippen molar-refractivity contribution >= 4 is 23.3 Å². The molecule has 26 heavy (non-hydrogen) atoms. The van der Waals surface area contributed by atoms with E-state index in [1.165, 1.54) is 18.2 Å². The Hall–Kier alpha value is -2.19. The number of likely N-dealkylation sites (tertiary alicyclic amines) is 1. The highest BCUT2D eigenvalue weighted by Gasteiger charge is 2.18. The molecule has 0 aromatic heterocycles. The molecule has 1 aliphatic heterocycles. The van der Waals surface area contributed by atoms with Gasteiger partial charge in [0, 0.05) is 38.3 Å². The standard InChI is InChI=1S/C18H27FN4O3/c1-2-17(25)21-14-5-6-15(19)16(10-14)22-18(26)20-7-9-23-8-3-4-13(11-23)12-24/h5-6,10,13,24H,2-4,7-9,11-12H2,1H3,(H,21,25)(H2,20,22,26)/t13-/m0/s1. The highest BCUT2D eigenvalue weighted by Crippen LogP contribution is 2.20. The first-order chi connectivity index (χ1) is 12.5. The van der Waals surface area contributed by atoms with Crippen LogP contribution in [0, 0.1) is 11.7 Å². The number of halogens is 1. The maximum atomic E-state index is 13.9. The first kappa shape index (κ1) is 20.1. The van der Waals surface area contributed by atoms with Crippen LogP contribution in [0.1, 0.15) is 26.2 Å². The van der Waals surface area contributed by atoms with Crippen LogP contribution in [0.4, 0.5) is 20.6 Å². The smallest absolute Gasteiger partial charge is 0.319 e. The number of nitrogens with one attached hydrogen (secondary N) is 3. The van der Waals surface area contributed by atoms with E-state index in [0.29, 0.717) is 31.1 Å². The third-order valence-electron chi connectivity index (χ3n) is 4.39. The monoisotopic (exact) mass is 366 g/mol. The molecule has 1 saturated heterocycles. The quantitative estimate of drug-likeness (QED) is 0.594. The second-order valence-electron chi connectivity index (χ2n) is 6.47. The van der Waals surface area contributed by atoms with Gasteiger partial charge in [-0.05, 0) is 43.5 Å². The van der Waals surface area contributed by atoms with Gasteiger partial charge in [-0.2, -0.15) is 0 Å². The van der Waals surface area contributed by atoms with Crippen molar-refractivity contribution in [2.45, 2.75) is 26.2 Å². The molecule has 0 spiro atoms. The molecule has 0 bridgehead atoms. The molecule has 1 aromatic rings. The Kier molecular flexibility index (Phi) is 7.80. The third-order valence-corrected chi connectivity index (χ3v) is 4.39. The number of hydrogen-bond donors (Lipinski definition) is 4. The van der Waals surface area contributed by atoms with Gasteiger partial charge >= 0.3 is 6.03 Å². The third kappa shape index (κ3) is 6.27. The lowest BCUT2D eigenvalue weighted by Crippen LogP contribution is -2.42. The Labute approximate surface area is 152 Å². The summed E-state index contributed by atoms with van der Waals surface area (Å²) in [6.07, 6.45) is 2.39. The van der Waals surface area contributed by atoms with Crippen LogP contribution in [0.2, 0.25) is 0 Å². The number of anilines is 2. The highest BCUT2D eigenvalue weighted by atomic mass is 19.1. The van der Waals surface area contributed by atoms with Crippen molar-refractivity contribution in [3.05, 3.63) is 24.0 Å². The summed E-state index contributed by atoms with van der Waals surface area (Å²) in [5, 5.41) is 17.0. The number of hydrogen-bond acceptors (Lipinski definition) is 4. The zero-order valence-electron chi connectivity index (χ0n) is 15.1. The van der Waals surface area contributed by atoms with Crippen LogP contribution in [0.15, 0.2) is 18.2 Å². The fourth-order valence-electron chi connectivity index (χ4n) is 2.95. The zero-order chi connectivity index (χ0) is 18.9. The van der Waals surface area contributed by atoms with Gasteiger partial charge in [-0.1, -0.05) is 6.92 Å². The molecule has 2 rings (SSSR count). The molecular weight excluding hydrogens is 339 g/mol. The van der Waals surface area contributed by atoms with E-state index in [1.807, 2.05) is 0 Å². The molecule has 8 heteroatoms. The number of benzene rings is 1. The minimum Gasteiger partial charge on any atom is -0.396 e. The fourth-order valence-corrected chi connectivity index (χ4v) is 2.95. The van der Waals surface area contributed by atoms with Gasteiger partial charge in [-0.25, -0.2) is 9.18 Å². The minimum atomic E-state index is -0.573. The number of nitrogens with zero attached hydrogens (tertiary/aromatic N) is 1. The van der Waals surface area contributed by atoms with E-state index in [1.54, 1.807) is 6.92 Å². The predicted octanol–water partition coefficient (Wildman–Crippen LogP) is 2.00. The van der Waals surface area contributed by atoms with E-state index in [4.69, 9.17) is 0 Å². The van der Waals surface area contributed by atoms with Crippen LogP contribution in [0.3, 0.4) is 0 Å². The number of aliphatic hydroxyl groups excluding tert-OH is 1. The van der Waals surface area contributed by atoms with E-state index >= 15 is 0 Å². The summed E-state index contributed by atoms with van der Waals surface area (Å²) in [5.74, 6) is -0.459. The Morgan fingerprint density at radius 1 is 1.35 bits per heavy atom. The summed E-state index contributed by atoms with van der Waals surface area (Å²) in [7, 11) is 0. The Bertz CT molecular complexity index is 626. The van der Waals surface area contributed by atoms with Crippen LogP contribution < -0.4 is 16.0 Å². The van der Waals surface area contributed by atoms with Crippen molar-refractivity contribution in [2.24, 2.45) is 5.92 Å². The van der Waals surface area contributed by atoms with E-state index in [9.17, 15) is 19.1 Å². The molecule has 4 N–H and O–H groups in total. The van der Waals surface area contributed by atoms with Crippen LogP contribution in [-0.2, 0) is 4.79 Å². The molecule has 1 atom stereocenters. The molecular formula is C18H27FN4O3. The van der Waals surface area contributed by atoms with Gasteiger partial charge in [0.2, 0.25) is 5.91 Å². The number of carbonyl (C=O) groups is 2. The highest BCUT2D eigenvalue weighted by molar-refractivity contribution is 5.93. The summed E-state index contributed by atoms with van der Waals surface area (Å²) in [5.41, 5.74) is 0.437. The second kappa shape index (κ2) is 10.1. The van der Waals surface area contributed by atoms with Gasteiger partial charge < -0.3 is 26.0 Å². The topological polar surface area (TPSA) is 93.7 Å². The zero-order valence-corrected chi connectivity index (χ0v) is 15.1. The van der Waals surface area contributed by atoms with Gasteiger partial charge in [0.15, 0.2) is 0 Å². The number of rotatable bonds is 7. The van der Waals surface area contributed by atoms with Gasteiger partial charge in [-0.3, -0.25) is 4.79 Å². The molecule has 0 saturated carbocycles. The van der Waals surface area contributed by atoms with Crippen molar-refractivity contribution in [1.29, 1.82) is 0 Å². The number of piperidine rings is 1. The first-order valence-corrected chi connectivity index (χ1v) is 8.99. The van der Waals surface area contributed by atoms with Crippen molar-refractivity contribution in [2.75, 3.05) is 43.4 Å². The summed E-state index contributed by atoms with van der Waals surface area (Å²) in [4.78, 5) is 25.6. The minimum absolute atomic E-state index is 0.00900. The van der Waals surface area contributed by atoms with Crippen LogP contribution in [0.25, 0.3) is 0 Å². The van der Waals surface area contributed by atoms with Gasteiger partial charge in [0.1, 0.15) is 5.82 Å². The molecule has 144 valence electrons. The lowest BCUT2D eigenvalue weighted by molar-refractivity contribution is -0.115. The molecule has 3 amide bonds. The molecule has 1 fully saturated rings. The number of carbonyl (C=O) groups excluding carboxylic acids is 2. The van der Waals surface area contributed by atoms with E-state index in [2.05, 4.69) is 20.9 Å². The maximum absolute atomic E-state index is 13.9. The Morgan fingerprint density at radius 2 is 2.15 bits per heavy atom. The van der Waals surface area contributed by atoms with Crippen molar-refractivity contribution < 1.29 is 19.1 Å². The molecule has 0 unspecified atom stereocenters. The van der Waals surface area contributed by atoms with E-state index in [0.717, 1.165) is 25.9 Å². The molecule has 1 aliphatic rings. The Balaban J connectivity index is 1.80. The Morgan fingerprint density at radius 3 is 2.88 bits per heavy atom. The number of urea groups is 1. The second-order valence-corrected chi connectivity index (χ2v) is 6.47. The van der Waals surface area contributed by atoms with Crippen LogP contribution in [-0.4, -0.2) is 54.7 Å². The lowest BCUT2D eigenvalue weighted by atomic mass is 9.99. The van der Waals surface area contributed by atoms with Crippen molar-refractivity contribution in [3.63, 3.8) is 0 Å². The molecule has 0 radical (unpaired) electrons. The van der Waals surface area contributed by atoms with E-state index in [-0.39, 0.29) is 18.2 Å². The molecule has 7 nitrogen and oxygen atoms in total. The SMILES string of the molecule is CCC(=O)Nc1ccc(F)c(NC(=O)NCCN2CCC[C@H](CO)C2)c1. The normalized spacial score (nSPS) is 17.6. The summed E-state index contributed by atoms with van der Waals surface area (Å²) in [6.45, 7) is 4.79. The number of amides is 3. The largest absolute Gasteiger partial charge is 0.396 e. The average Bonchev–Trinajstić information content (AvgIpc) is 2.64.